The zero-order chi connectivity index (χ0) is 42.3. The largest absolute Gasteiger partial charge is 0.453 e. The van der Waals surface area contributed by atoms with Crippen molar-refractivity contribution < 1.29 is 33.0 Å². The fourth-order valence-electron chi connectivity index (χ4n) is 8.44. The van der Waals surface area contributed by atoms with Crippen LogP contribution >= 0.6 is 0 Å². The Morgan fingerprint density at radius 1 is 0.797 bits per heavy atom. The van der Waals surface area contributed by atoms with Gasteiger partial charge < -0.3 is 39.9 Å². The minimum Gasteiger partial charge on any atom is -0.453 e. The van der Waals surface area contributed by atoms with Crippen molar-refractivity contribution >= 4 is 53.9 Å². The summed E-state index contributed by atoms with van der Waals surface area (Å²) < 4.78 is 24.3. The van der Waals surface area contributed by atoms with E-state index >= 15 is 0 Å². The highest BCUT2D eigenvalue weighted by atomic mass is 28.3. The SMILES string of the molecule is COC(=O)N[C@H](C(=O)N1CC(F)C[C@H]1c1ncc(-c2ccc(-c3ccc4c(ccc5[nH]c([C@@H]6C[Si](C)(C)CN6C(=O)[C@@H](NC(=O)OC)C(C)C)nc54)c3)cc2)[nH]1)C(C)C. The first-order valence-corrected chi connectivity index (χ1v) is 23.5. The molecule has 16 heteroatoms. The lowest BCUT2D eigenvalue weighted by molar-refractivity contribution is -0.136. The first kappa shape index (κ1) is 41.4. The summed E-state index contributed by atoms with van der Waals surface area (Å²) in [6.45, 7) is 11.9. The molecule has 0 bridgehead atoms. The third kappa shape index (κ3) is 8.40. The van der Waals surface area contributed by atoms with Crippen molar-refractivity contribution in [3.8, 4) is 22.4 Å². The number of nitrogens with one attached hydrogen (secondary N) is 4. The number of nitrogens with zero attached hydrogens (tertiary/aromatic N) is 4. The molecule has 0 saturated carbocycles. The van der Waals surface area contributed by atoms with Gasteiger partial charge in [-0.05, 0) is 52.1 Å². The zero-order valence-electron chi connectivity index (χ0n) is 34.8. The molecule has 5 atom stereocenters. The molecule has 0 aliphatic carbocycles. The van der Waals surface area contributed by atoms with Crippen LogP contribution in [0.3, 0.4) is 0 Å². The fourth-order valence-corrected chi connectivity index (χ4v) is 11.3. The van der Waals surface area contributed by atoms with Gasteiger partial charge in [0, 0.05) is 18.0 Å². The number of amides is 4. The monoisotopic (exact) mass is 824 g/mol. The summed E-state index contributed by atoms with van der Waals surface area (Å²) in [7, 11) is 0.738. The van der Waals surface area contributed by atoms with Gasteiger partial charge in [-0.2, -0.15) is 0 Å². The number of carbonyl (C=O) groups excluding carboxylic acids is 4. The molecule has 4 N–H and O–H groups in total. The molecule has 0 radical (unpaired) electrons. The molecule has 5 aromatic rings. The molecule has 59 heavy (non-hydrogen) atoms. The van der Waals surface area contributed by atoms with E-state index in [1.807, 2.05) is 62.9 Å². The van der Waals surface area contributed by atoms with Crippen molar-refractivity contribution in [1.29, 1.82) is 0 Å². The number of H-pyrrole nitrogens is 2. The van der Waals surface area contributed by atoms with Crippen LogP contribution in [0.25, 0.3) is 44.2 Å². The lowest BCUT2D eigenvalue weighted by Gasteiger charge is -2.30. The molecule has 2 aliphatic heterocycles. The number of ether oxygens (including phenoxy) is 2. The summed E-state index contributed by atoms with van der Waals surface area (Å²) in [5.74, 6) is 0.345. The van der Waals surface area contributed by atoms with Crippen LogP contribution < -0.4 is 10.6 Å². The maximum Gasteiger partial charge on any atom is 0.407 e. The number of benzene rings is 3. The highest BCUT2D eigenvalue weighted by molar-refractivity contribution is 6.78. The Morgan fingerprint density at radius 2 is 1.41 bits per heavy atom. The molecule has 4 heterocycles. The number of alkyl halides is 1. The Morgan fingerprint density at radius 3 is 2.03 bits per heavy atom. The third-order valence-corrected chi connectivity index (χ3v) is 14.3. The number of methoxy groups -OCH3 is 2. The number of alkyl carbamates (subject to hydrolysis) is 2. The van der Waals surface area contributed by atoms with E-state index in [9.17, 15) is 23.6 Å². The third-order valence-electron chi connectivity index (χ3n) is 11.6. The molecular weight excluding hydrogens is 772 g/mol. The van der Waals surface area contributed by atoms with Crippen molar-refractivity contribution in [2.75, 3.05) is 26.9 Å². The van der Waals surface area contributed by atoms with Gasteiger partial charge in [-0.15, -0.1) is 0 Å². The number of aromatic amines is 2. The summed E-state index contributed by atoms with van der Waals surface area (Å²) >= 11 is 0. The summed E-state index contributed by atoms with van der Waals surface area (Å²) in [5, 5.41) is 7.35. The minimum atomic E-state index is -1.79. The number of hydrogen-bond donors (Lipinski definition) is 4. The van der Waals surface area contributed by atoms with Gasteiger partial charge in [-0.25, -0.2) is 23.9 Å². The van der Waals surface area contributed by atoms with Crippen molar-refractivity contribution in [2.24, 2.45) is 11.8 Å². The highest BCUT2D eigenvalue weighted by Gasteiger charge is 2.46. The molecule has 3 aromatic carbocycles. The van der Waals surface area contributed by atoms with Crippen molar-refractivity contribution in [1.82, 2.24) is 40.4 Å². The van der Waals surface area contributed by atoms with Crippen LogP contribution in [0.4, 0.5) is 14.0 Å². The molecule has 2 aliphatic rings. The Balaban J connectivity index is 1.10. The second-order valence-electron chi connectivity index (χ2n) is 17.2. The molecule has 312 valence electrons. The first-order chi connectivity index (χ1) is 28.1. The topological polar surface area (TPSA) is 175 Å². The number of rotatable bonds is 10. The van der Waals surface area contributed by atoms with E-state index in [0.29, 0.717) is 12.0 Å². The molecule has 2 saturated heterocycles. The maximum atomic E-state index is 14.8. The summed E-state index contributed by atoms with van der Waals surface area (Å²) in [6, 6.07) is 16.9. The van der Waals surface area contributed by atoms with E-state index in [2.05, 4.69) is 62.9 Å². The van der Waals surface area contributed by atoms with E-state index in [-0.39, 0.29) is 42.7 Å². The zero-order valence-corrected chi connectivity index (χ0v) is 35.8. The van der Waals surface area contributed by atoms with E-state index in [1.54, 1.807) is 6.20 Å². The standard InChI is InChI=1S/C43H53FN8O6Si/c1-23(2)35(49-42(55)57-5)40(53)51-20-29(44)18-33(51)38-45-19-32(47-38)26-11-9-25(10-12-26)27-13-15-30-28(17-27)14-16-31-37(30)48-39(46-31)34-21-59(7,8)22-52(34)41(54)36(24(3)4)50-43(56)58-6/h9-17,19,23-24,29,33-36H,18,20-22H2,1-8H3,(H,45,47)(H,46,48)(H,49,55)(H,50,56)/t29?,33-,34-,35-,36-/m0/s1. The highest BCUT2D eigenvalue weighted by Crippen LogP contribution is 2.40. The Kier molecular flexibility index (Phi) is 11.6. The van der Waals surface area contributed by atoms with Gasteiger partial charge in [0.05, 0.1) is 63.8 Å². The van der Waals surface area contributed by atoms with Crippen LogP contribution in [0.1, 0.15) is 57.8 Å². The van der Waals surface area contributed by atoms with Gasteiger partial charge >= 0.3 is 12.2 Å². The number of halogens is 1. The van der Waals surface area contributed by atoms with Gasteiger partial charge in [0.1, 0.15) is 29.9 Å². The minimum absolute atomic E-state index is 0.0880. The lowest BCUT2D eigenvalue weighted by Crippen LogP contribution is -2.52. The molecule has 7 rings (SSSR count). The van der Waals surface area contributed by atoms with E-state index in [1.165, 1.54) is 19.1 Å². The molecule has 2 aromatic heterocycles. The van der Waals surface area contributed by atoms with Crippen LogP contribution in [-0.2, 0) is 19.1 Å². The fraction of sp³-hybridized carbons (Fsp3) is 0.442. The number of carbonyl (C=O) groups is 4. The number of fused-ring (bicyclic) bond motifs is 3. The maximum absolute atomic E-state index is 14.8. The molecule has 0 spiro atoms. The van der Waals surface area contributed by atoms with Gasteiger partial charge in [-0.1, -0.05) is 83.3 Å². The predicted octanol–water partition coefficient (Wildman–Crippen LogP) is 7.28. The number of hydrogen-bond acceptors (Lipinski definition) is 8. The smallest absolute Gasteiger partial charge is 0.407 e. The van der Waals surface area contributed by atoms with E-state index < -0.39 is 44.6 Å². The quantitative estimate of drug-likeness (QED) is 0.106. The average molecular weight is 825 g/mol. The second-order valence-corrected chi connectivity index (χ2v) is 22.2. The van der Waals surface area contributed by atoms with Gasteiger partial charge in [0.15, 0.2) is 0 Å². The van der Waals surface area contributed by atoms with Crippen molar-refractivity contribution in [3.63, 3.8) is 0 Å². The predicted molar refractivity (Wildman–Crippen MR) is 226 cm³/mol. The Hall–Kier alpha value is -5.77. The van der Waals surface area contributed by atoms with Crippen LogP contribution in [0.2, 0.25) is 19.1 Å². The lowest BCUT2D eigenvalue weighted by atomic mass is 9.99. The number of imidazole rings is 2. The second kappa shape index (κ2) is 16.5. The van der Waals surface area contributed by atoms with Crippen LogP contribution in [-0.4, -0.2) is 107 Å². The Labute approximate surface area is 343 Å². The van der Waals surface area contributed by atoms with E-state index in [4.69, 9.17) is 14.5 Å². The number of likely N-dealkylation sites (tertiary alicyclic amines) is 1. The molecule has 4 amide bonds. The van der Waals surface area contributed by atoms with Crippen LogP contribution in [0.5, 0.6) is 0 Å². The average Bonchev–Trinajstić information content (AvgIpc) is 4.02. The molecule has 1 unspecified atom stereocenters. The molecular formula is C43H53FN8O6Si. The number of aromatic nitrogens is 4. The molecule has 14 nitrogen and oxygen atoms in total. The van der Waals surface area contributed by atoms with Crippen LogP contribution in [0.15, 0.2) is 60.8 Å². The van der Waals surface area contributed by atoms with Gasteiger partial charge in [-0.3, -0.25) is 9.59 Å². The van der Waals surface area contributed by atoms with Crippen LogP contribution in [0, 0.1) is 11.8 Å². The van der Waals surface area contributed by atoms with Gasteiger partial charge in [0.2, 0.25) is 11.8 Å². The Bertz CT molecular complexity index is 2380. The van der Waals surface area contributed by atoms with Crippen molar-refractivity contribution in [3.05, 3.63) is 72.4 Å². The van der Waals surface area contributed by atoms with Crippen molar-refractivity contribution in [2.45, 2.75) is 83.6 Å². The summed E-state index contributed by atoms with van der Waals surface area (Å²) in [6.07, 6.45) is -0.116. The van der Waals surface area contributed by atoms with Gasteiger partial charge in [0.25, 0.3) is 0 Å². The summed E-state index contributed by atoms with van der Waals surface area (Å²) in [5.41, 5.74) is 5.37. The van der Waals surface area contributed by atoms with E-state index in [0.717, 1.165) is 56.1 Å². The normalized spacial score (nSPS) is 20.0. The first-order valence-electron chi connectivity index (χ1n) is 20.1. The summed E-state index contributed by atoms with van der Waals surface area (Å²) in [4.78, 5) is 71.5. The molecule has 2 fully saturated rings.